The molecule has 0 aliphatic rings. The maximum Gasteiger partial charge on any atom is 0.346 e. The van der Waals surface area contributed by atoms with E-state index in [-0.39, 0.29) is 16.3 Å². The first-order chi connectivity index (χ1) is 7.95. The summed E-state index contributed by atoms with van der Waals surface area (Å²) in [6, 6.07) is 0. The van der Waals surface area contributed by atoms with Crippen LogP contribution in [0.2, 0.25) is 0 Å². The summed E-state index contributed by atoms with van der Waals surface area (Å²) in [5.74, 6) is -1.26. The van der Waals surface area contributed by atoms with Crippen LogP contribution in [0.5, 0.6) is 0 Å². The van der Waals surface area contributed by atoms with E-state index in [1.165, 1.54) is 6.92 Å². The van der Waals surface area contributed by atoms with Gasteiger partial charge in [-0.2, -0.15) is 4.98 Å². The van der Waals surface area contributed by atoms with Crippen molar-refractivity contribution in [3.05, 3.63) is 21.7 Å². The van der Waals surface area contributed by atoms with Crippen LogP contribution in [-0.4, -0.2) is 35.2 Å². The molecule has 0 radical (unpaired) electrons. The molecule has 1 heterocycles. The molecule has 5 nitrogen and oxygen atoms in total. The summed E-state index contributed by atoms with van der Waals surface area (Å²) >= 11 is 0.645. The van der Waals surface area contributed by atoms with Crippen LogP contribution >= 0.6 is 11.8 Å². The third-order valence-electron chi connectivity index (χ3n) is 1.82. The first kappa shape index (κ1) is 13.6. The van der Waals surface area contributed by atoms with Crippen LogP contribution in [0.15, 0.2) is 9.82 Å². The topological polar surface area (TPSA) is 72.0 Å². The van der Waals surface area contributed by atoms with Crippen molar-refractivity contribution < 1.29 is 18.3 Å². The largest absolute Gasteiger partial charge is 0.465 e. The quantitative estimate of drug-likeness (QED) is 0.503. The molecule has 0 fully saturated rings. The fourth-order valence-electron chi connectivity index (χ4n) is 1.15. The molecule has 0 saturated heterocycles. The second-order valence-corrected chi connectivity index (χ2v) is 4.05. The van der Waals surface area contributed by atoms with Gasteiger partial charge in [0, 0.05) is 5.69 Å². The Bertz CT molecular complexity index is 476. The molecule has 1 N–H and O–H groups in total. The second-order valence-electron chi connectivity index (χ2n) is 3.04. The minimum atomic E-state index is -2.55. The minimum Gasteiger partial charge on any atom is -0.465 e. The number of hydrogen-bond donors (Lipinski definition) is 1. The molecule has 1 rings (SSSR count). The third kappa shape index (κ3) is 3.52. The van der Waals surface area contributed by atoms with Crippen LogP contribution in [0.1, 0.15) is 16.1 Å². The maximum atomic E-state index is 12.1. The molecule has 1 aromatic rings. The van der Waals surface area contributed by atoms with E-state index in [9.17, 15) is 18.4 Å². The van der Waals surface area contributed by atoms with E-state index in [0.717, 1.165) is 7.11 Å². The van der Waals surface area contributed by atoms with Crippen molar-refractivity contribution in [2.24, 2.45) is 0 Å². The van der Waals surface area contributed by atoms with Gasteiger partial charge in [-0.1, -0.05) is 11.8 Å². The van der Waals surface area contributed by atoms with Crippen LogP contribution in [0.4, 0.5) is 8.78 Å². The summed E-state index contributed by atoms with van der Waals surface area (Å²) in [6.07, 6.45) is -2.55. The van der Waals surface area contributed by atoms with Crippen LogP contribution in [0.25, 0.3) is 0 Å². The van der Waals surface area contributed by atoms with E-state index in [1.54, 1.807) is 0 Å². The van der Waals surface area contributed by atoms with E-state index < -0.39 is 23.8 Å². The number of methoxy groups -OCH3 is 1. The second kappa shape index (κ2) is 5.76. The molecular formula is C9H10F2N2O3S. The summed E-state index contributed by atoms with van der Waals surface area (Å²) in [5, 5.41) is -0.0431. The number of aryl methyl sites for hydroxylation is 1. The molecule has 94 valence electrons. The van der Waals surface area contributed by atoms with Gasteiger partial charge in [-0.05, 0) is 6.92 Å². The molecule has 1 aromatic heterocycles. The molecule has 17 heavy (non-hydrogen) atoms. The molecule has 0 aliphatic carbocycles. The van der Waals surface area contributed by atoms with Crippen molar-refractivity contribution in [1.82, 2.24) is 9.97 Å². The highest BCUT2D eigenvalue weighted by atomic mass is 32.2. The maximum absolute atomic E-state index is 12.1. The highest BCUT2D eigenvalue weighted by molar-refractivity contribution is 7.99. The molecule has 0 unspecified atom stereocenters. The Morgan fingerprint density at radius 1 is 1.59 bits per heavy atom. The summed E-state index contributed by atoms with van der Waals surface area (Å²) in [4.78, 5) is 28.3. The molecule has 8 heteroatoms. The predicted molar refractivity (Wildman–Crippen MR) is 57.7 cm³/mol. The van der Waals surface area contributed by atoms with Crippen LogP contribution in [0.3, 0.4) is 0 Å². The Balaban J connectivity index is 3.16. The van der Waals surface area contributed by atoms with Gasteiger partial charge < -0.3 is 9.72 Å². The van der Waals surface area contributed by atoms with Gasteiger partial charge >= 0.3 is 11.7 Å². The van der Waals surface area contributed by atoms with Gasteiger partial charge in [0.05, 0.1) is 12.9 Å². The number of rotatable bonds is 4. The number of thioether (sulfide) groups is 1. The third-order valence-corrected chi connectivity index (χ3v) is 2.81. The zero-order chi connectivity index (χ0) is 13.0. The summed E-state index contributed by atoms with van der Waals surface area (Å²) in [7, 11) is 1.16. The molecule has 0 bridgehead atoms. The zero-order valence-corrected chi connectivity index (χ0v) is 9.94. The van der Waals surface area contributed by atoms with Gasteiger partial charge in [0.1, 0.15) is 10.6 Å². The highest BCUT2D eigenvalue weighted by Gasteiger charge is 2.19. The standard InChI is InChI=1S/C9H10F2N2O3S/c1-4-6(8(14)16-2)7(13-9(15)12-4)17-3-5(10)11/h5H,3H2,1-2H3,(H,12,13,15). The first-order valence-electron chi connectivity index (χ1n) is 4.56. The van der Waals surface area contributed by atoms with Crippen molar-refractivity contribution in [3.63, 3.8) is 0 Å². The lowest BCUT2D eigenvalue weighted by molar-refractivity contribution is 0.0594. The Morgan fingerprint density at radius 2 is 2.24 bits per heavy atom. The van der Waals surface area contributed by atoms with Gasteiger partial charge in [-0.3, -0.25) is 0 Å². The van der Waals surface area contributed by atoms with Crippen molar-refractivity contribution >= 4 is 17.7 Å². The molecule has 0 atom stereocenters. The normalized spacial score (nSPS) is 10.6. The number of ether oxygens (including phenoxy) is 1. The fourth-order valence-corrected chi connectivity index (χ4v) is 1.96. The van der Waals surface area contributed by atoms with E-state index in [2.05, 4.69) is 14.7 Å². The Morgan fingerprint density at radius 3 is 2.76 bits per heavy atom. The SMILES string of the molecule is COC(=O)c1c(SCC(F)F)nc(=O)[nH]c1C. The lowest BCUT2D eigenvalue weighted by Gasteiger charge is -2.08. The van der Waals surface area contributed by atoms with E-state index in [0.29, 0.717) is 11.8 Å². The van der Waals surface area contributed by atoms with Crippen LogP contribution in [0, 0.1) is 6.92 Å². The lowest BCUT2D eigenvalue weighted by atomic mass is 10.2. The van der Waals surface area contributed by atoms with Crippen molar-refractivity contribution in [2.75, 3.05) is 12.9 Å². The number of nitrogens with zero attached hydrogens (tertiary/aromatic N) is 1. The number of carbonyl (C=O) groups excluding carboxylic acids is 1. The molecule has 0 amide bonds. The summed E-state index contributed by atoms with van der Waals surface area (Å²) in [6.45, 7) is 1.47. The smallest absolute Gasteiger partial charge is 0.346 e. The number of aromatic nitrogens is 2. The average Bonchev–Trinajstić information content (AvgIpc) is 2.24. The van der Waals surface area contributed by atoms with Crippen LogP contribution < -0.4 is 5.69 Å². The number of carbonyl (C=O) groups is 1. The Hall–Kier alpha value is -1.44. The van der Waals surface area contributed by atoms with Gasteiger partial charge in [0.2, 0.25) is 6.43 Å². The van der Waals surface area contributed by atoms with E-state index in [4.69, 9.17) is 0 Å². The highest BCUT2D eigenvalue weighted by Crippen LogP contribution is 2.23. The summed E-state index contributed by atoms with van der Waals surface area (Å²) in [5.41, 5.74) is -0.432. The molecule has 0 aromatic carbocycles. The Kier molecular flexibility index (Phi) is 4.62. The number of esters is 1. The van der Waals surface area contributed by atoms with Crippen LogP contribution in [-0.2, 0) is 4.74 Å². The first-order valence-corrected chi connectivity index (χ1v) is 5.54. The van der Waals surface area contributed by atoms with E-state index >= 15 is 0 Å². The van der Waals surface area contributed by atoms with Crippen molar-refractivity contribution in [2.45, 2.75) is 18.4 Å². The number of nitrogens with one attached hydrogen (secondary N) is 1. The van der Waals surface area contributed by atoms with Crippen molar-refractivity contribution in [1.29, 1.82) is 0 Å². The zero-order valence-electron chi connectivity index (χ0n) is 9.12. The van der Waals surface area contributed by atoms with Gasteiger partial charge in [0.25, 0.3) is 0 Å². The average molecular weight is 264 g/mol. The monoisotopic (exact) mass is 264 g/mol. The van der Waals surface area contributed by atoms with Gasteiger partial charge in [-0.25, -0.2) is 18.4 Å². The number of halogens is 2. The number of aromatic amines is 1. The number of hydrogen-bond acceptors (Lipinski definition) is 5. The fraction of sp³-hybridized carbons (Fsp3) is 0.444. The molecule has 0 aliphatic heterocycles. The number of H-pyrrole nitrogens is 1. The minimum absolute atomic E-state index is 0.0118. The van der Waals surface area contributed by atoms with Crippen molar-refractivity contribution in [3.8, 4) is 0 Å². The van der Waals surface area contributed by atoms with E-state index in [1.807, 2.05) is 0 Å². The van der Waals surface area contributed by atoms with Gasteiger partial charge in [0.15, 0.2) is 0 Å². The summed E-state index contributed by atoms with van der Waals surface area (Å²) < 4.78 is 28.7. The molecule has 0 spiro atoms. The lowest BCUT2D eigenvalue weighted by Crippen LogP contribution is -2.19. The molecule has 0 saturated carbocycles. The number of alkyl halides is 2. The predicted octanol–water partition coefficient (Wildman–Crippen LogP) is 1.22. The molecular weight excluding hydrogens is 254 g/mol. The van der Waals surface area contributed by atoms with Gasteiger partial charge in [-0.15, -0.1) is 0 Å². The Labute approximate surface area is 99.6 Å².